The molecule has 92 valence electrons. The van der Waals surface area contributed by atoms with Gasteiger partial charge in [-0.2, -0.15) is 0 Å². The van der Waals surface area contributed by atoms with Gasteiger partial charge in [-0.05, 0) is 37.1 Å². The van der Waals surface area contributed by atoms with E-state index < -0.39 is 0 Å². The van der Waals surface area contributed by atoms with Gasteiger partial charge in [0.15, 0.2) is 0 Å². The van der Waals surface area contributed by atoms with E-state index in [1.807, 2.05) is 45.3 Å². The molecular formula is C15H17N3. The predicted molar refractivity (Wildman–Crippen MR) is 76.5 cm³/mol. The molecule has 0 amide bonds. The van der Waals surface area contributed by atoms with Crippen molar-refractivity contribution in [1.29, 1.82) is 0 Å². The highest BCUT2D eigenvalue weighted by molar-refractivity contribution is 5.86. The minimum atomic E-state index is 0.841. The lowest BCUT2D eigenvalue weighted by Crippen LogP contribution is -2.02. The summed E-state index contributed by atoms with van der Waals surface area (Å²) in [5, 5.41) is 3.11. The second-order valence-corrected chi connectivity index (χ2v) is 4.29. The average molecular weight is 239 g/mol. The molecule has 0 unspecified atom stereocenters. The van der Waals surface area contributed by atoms with Crippen LogP contribution in [0.3, 0.4) is 0 Å². The highest BCUT2D eigenvalue weighted by Gasteiger charge is 2.15. The van der Waals surface area contributed by atoms with Gasteiger partial charge in [-0.1, -0.05) is 12.6 Å². The van der Waals surface area contributed by atoms with Gasteiger partial charge < -0.3 is 5.32 Å². The van der Waals surface area contributed by atoms with Crippen LogP contribution in [0.4, 0.5) is 5.82 Å². The number of aryl methyl sites for hydroxylation is 1. The van der Waals surface area contributed by atoms with Gasteiger partial charge in [0.25, 0.3) is 0 Å². The van der Waals surface area contributed by atoms with E-state index in [0.717, 1.165) is 33.8 Å². The molecule has 0 bridgehead atoms. The molecular weight excluding hydrogens is 222 g/mol. The average Bonchev–Trinajstić information content (AvgIpc) is 2.39. The third-order valence-corrected chi connectivity index (χ3v) is 2.85. The maximum absolute atomic E-state index is 4.43. The fourth-order valence-electron chi connectivity index (χ4n) is 2.05. The predicted octanol–water partition coefficient (Wildman–Crippen LogP) is 3.53. The number of hydrogen-bond acceptors (Lipinski definition) is 3. The molecule has 18 heavy (non-hydrogen) atoms. The van der Waals surface area contributed by atoms with Gasteiger partial charge >= 0.3 is 0 Å². The van der Waals surface area contributed by atoms with Gasteiger partial charge in [0, 0.05) is 30.6 Å². The van der Waals surface area contributed by atoms with Gasteiger partial charge in [0.1, 0.15) is 5.82 Å². The molecule has 0 spiro atoms. The molecule has 2 heterocycles. The van der Waals surface area contributed by atoms with Crippen LogP contribution in [0.15, 0.2) is 37.2 Å². The van der Waals surface area contributed by atoms with Crippen LogP contribution >= 0.6 is 0 Å². The largest absolute Gasteiger partial charge is 0.373 e. The van der Waals surface area contributed by atoms with Gasteiger partial charge in [-0.15, -0.1) is 0 Å². The summed E-state index contributed by atoms with van der Waals surface area (Å²) in [7, 11) is 1.87. The smallest absolute Gasteiger partial charge is 0.133 e. The van der Waals surface area contributed by atoms with Crippen LogP contribution in [-0.2, 0) is 0 Å². The topological polar surface area (TPSA) is 37.8 Å². The molecule has 2 rings (SSSR count). The molecule has 0 saturated carbocycles. The van der Waals surface area contributed by atoms with Crippen molar-refractivity contribution in [2.24, 2.45) is 0 Å². The minimum Gasteiger partial charge on any atom is -0.373 e. The van der Waals surface area contributed by atoms with E-state index in [9.17, 15) is 0 Å². The van der Waals surface area contributed by atoms with E-state index >= 15 is 0 Å². The normalized spacial score (nSPS) is 10.2. The van der Waals surface area contributed by atoms with E-state index in [0.29, 0.717) is 0 Å². The number of rotatable bonds is 3. The lowest BCUT2D eigenvalue weighted by molar-refractivity contribution is 1.21. The van der Waals surface area contributed by atoms with Crippen LogP contribution in [0.5, 0.6) is 0 Å². The maximum atomic E-state index is 4.43. The molecule has 0 aliphatic rings. The SMILES string of the molecule is C=C(C)c1c(NC)ncc(C)c1-c1ccccn1. The lowest BCUT2D eigenvalue weighted by atomic mass is 9.96. The summed E-state index contributed by atoms with van der Waals surface area (Å²) in [4.78, 5) is 8.84. The van der Waals surface area contributed by atoms with Crippen LogP contribution in [0.2, 0.25) is 0 Å². The Morgan fingerprint density at radius 2 is 2.06 bits per heavy atom. The van der Waals surface area contributed by atoms with Gasteiger partial charge in [0.05, 0.1) is 5.69 Å². The molecule has 0 saturated heterocycles. The monoisotopic (exact) mass is 239 g/mol. The second kappa shape index (κ2) is 5.00. The molecule has 1 N–H and O–H groups in total. The summed E-state index contributed by atoms with van der Waals surface area (Å²) in [5.74, 6) is 0.841. The number of allylic oxidation sites excluding steroid dienone is 1. The molecule has 3 heteroatoms. The first-order valence-corrected chi connectivity index (χ1v) is 5.89. The van der Waals surface area contributed by atoms with Gasteiger partial charge in [-0.3, -0.25) is 4.98 Å². The van der Waals surface area contributed by atoms with Crippen LogP contribution in [-0.4, -0.2) is 17.0 Å². The van der Waals surface area contributed by atoms with Crippen molar-refractivity contribution >= 4 is 11.4 Å². The van der Waals surface area contributed by atoms with Gasteiger partial charge in [0.2, 0.25) is 0 Å². The zero-order chi connectivity index (χ0) is 13.1. The summed E-state index contributed by atoms with van der Waals surface area (Å²) in [5.41, 5.74) is 5.17. The Morgan fingerprint density at radius 3 is 2.61 bits per heavy atom. The molecule has 2 aromatic heterocycles. The fraction of sp³-hybridized carbons (Fsp3) is 0.200. The summed E-state index contributed by atoms with van der Waals surface area (Å²) < 4.78 is 0. The highest BCUT2D eigenvalue weighted by atomic mass is 15.0. The summed E-state index contributed by atoms with van der Waals surface area (Å²) >= 11 is 0. The van der Waals surface area contributed by atoms with Crippen molar-refractivity contribution in [2.75, 3.05) is 12.4 Å². The molecule has 2 aromatic rings. The van der Waals surface area contributed by atoms with Crippen molar-refractivity contribution < 1.29 is 0 Å². The Kier molecular flexibility index (Phi) is 3.42. The van der Waals surface area contributed by atoms with E-state index in [1.165, 1.54) is 0 Å². The number of anilines is 1. The fourth-order valence-corrected chi connectivity index (χ4v) is 2.05. The number of hydrogen-bond donors (Lipinski definition) is 1. The van der Waals surface area contributed by atoms with Crippen molar-refractivity contribution in [3.8, 4) is 11.3 Å². The molecule has 0 radical (unpaired) electrons. The Balaban J connectivity index is 2.76. The Hall–Kier alpha value is -2.16. The van der Waals surface area contributed by atoms with Crippen LogP contribution in [0, 0.1) is 6.92 Å². The van der Waals surface area contributed by atoms with E-state index in [-0.39, 0.29) is 0 Å². The van der Waals surface area contributed by atoms with Gasteiger partial charge in [-0.25, -0.2) is 4.98 Å². The van der Waals surface area contributed by atoms with Crippen LogP contribution < -0.4 is 5.32 Å². The number of nitrogens with one attached hydrogen (secondary N) is 1. The summed E-state index contributed by atoms with van der Waals surface area (Å²) in [6.45, 7) is 8.09. The van der Waals surface area contributed by atoms with Crippen LogP contribution in [0.1, 0.15) is 18.1 Å². The van der Waals surface area contributed by atoms with E-state index in [4.69, 9.17) is 0 Å². The van der Waals surface area contributed by atoms with E-state index in [2.05, 4.69) is 21.9 Å². The first-order chi connectivity index (χ1) is 8.65. The number of pyridine rings is 2. The summed E-state index contributed by atoms with van der Waals surface area (Å²) in [6.07, 6.45) is 3.67. The second-order valence-electron chi connectivity index (χ2n) is 4.29. The number of nitrogens with zero attached hydrogens (tertiary/aromatic N) is 2. The molecule has 0 aliphatic carbocycles. The Morgan fingerprint density at radius 1 is 1.28 bits per heavy atom. The van der Waals surface area contributed by atoms with Crippen molar-refractivity contribution in [1.82, 2.24) is 9.97 Å². The molecule has 3 nitrogen and oxygen atoms in total. The molecule has 0 aliphatic heterocycles. The van der Waals surface area contributed by atoms with Crippen molar-refractivity contribution in [3.63, 3.8) is 0 Å². The zero-order valence-electron chi connectivity index (χ0n) is 11.0. The summed E-state index contributed by atoms with van der Waals surface area (Å²) in [6, 6.07) is 5.91. The first kappa shape index (κ1) is 12.3. The minimum absolute atomic E-state index is 0.841. The zero-order valence-corrected chi connectivity index (χ0v) is 11.0. The number of aromatic nitrogens is 2. The quantitative estimate of drug-likeness (QED) is 0.890. The first-order valence-electron chi connectivity index (χ1n) is 5.89. The van der Waals surface area contributed by atoms with Crippen molar-refractivity contribution in [3.05, 3.63) is 48.3 Å². The van der Waals surface area contributed by atoms with E-state index in [1.54, 1.807) is 6.20 Å². The molecule has 0 aromatic carbocycles. The molecule has 0 atom stereocenters. The van der Waals surface area contributed by atoms with Crippen LogP contribution in [0.25, 0.3) is 16.8 Å². The standard InChI is InChI=1S/C15H17N3/c1-10(2)13-14(12-7-5-6-8-17-12)11(3)9-18-15(13)16-4/h5-9H,1H2,2-4H3,(H,16,18). The highest BCUT2D eigenvalue weighted by Crippen LogP contribution is 2.33. The Labute approximate surface area is 108 Å². The van der Waals surface area contributed by atoms with Crippen molar-refractivity contribution in [2.45, 2.75) is 13.8 Å². The third-order valence-electron chi connectivity index (χ3n) is 2.85. The molecule has 0 fully saturated rings. The maximum Gasteiger partial charge on any atom is 0.133 e. The lowest BCUT2D eigenvalue weighted by Gasteiger charge is -2.15. The third kappa shape index (κ3) is 2.12. The Bertz CT molecular complexity index is 574.